The number of hydrogen-bond acceptors (Lipinski definition) is 6. The largest absolute Gasteiger partial charge is 0.494 e. The fourth-order valence-corrected chi connectivity index (χ4v) is 2.40. The van der Waals surface area contributed by atoms with Gasteiger partial charge in [-0.2, -0.15) is 0 Å². The third-order valence-corrected chi connectivity index (χ3v) is 3.92. The third-order valence-electron chi connectivity index (χ3n) is 3.92. The third kappa shape index (κ3) is 5.96. The summed E-state index contributed by atoms with van der Waals surface area (Å²) < 4.78 is 10.9. The van der Waals surface area contributed by atoms with Crippen LogP contribution in [0.1, 0.15) is 18.0 Å². The average molecular weight is 373 g/mol. The molecule has 0 saturated heterocycles. The molecule has 2 aromatic carbocycles. The summed E-state index contributed by atoms with van der Waals surface area (Å²) >= 11 is 0. The second-order valence-corrected chi connectivity index (χ2v) is 6.06. The Kier molecular flexibility index (Phi) is 7.13. The average Bonchev–Trinajstić information content (AvgIpc) is 2.66. The van der Waals surface area contributed by atoms with Gasteiger partial charge in [-0.1, -0.05) is 12.1 Å². The van der Waals surface area contributed by atoms with Gasteiger partial charge in [0.15, 0.2) is 0 Å². The molecule has 1 N–H and O–H groups in total. The Hall–Kier alpha value is -3.13. The highest BCUT2D eigenvalue weighted by molar-refractivity contribution is 5.69. The molecule has 0 heterocycles. The molecule has 0 spiro atoms. The first-order valence-corrected chi connectivity index (χ1v) is 8.44. The van der Waals surface area contributed by atoms with Gasteiger partial charge in [-0.05, 0) is 36.9 Å². The number of benzene rings is 2. The van der Waals surface area contributed by atoms with Crippen LogP contribution in [0.25, 0.3) is 0 Å². The highest BCUT2D eigenvalue weighted by Crippen LogP contribution is 2.22. The SMILES string of the molecule is CNC(CCOc1ccc([N+](=O)[O-])cc1)c1ccc(OC(=O)N(C)C)cc1. The van der Waals surface area contributed by atoms with Gasteiger partial charge in [0.25, 0.3) is 5.69 Å². The van der Waals surface area contributed by atoms with Crippen LogP contribution >= 0.6 is 0 Å². The minimum Gasteiger partial charge on any atom is -0.494 e. The van der Waals surface area contributed by atoms with E-state index in [9.17, 15) is 14.9 Å². The normalized spacial score (nSPS) is 11.5. The number of ether oxygens (including phenoxy) is 2. The molecule has 0 aliphatic rings. The predicted octanol–water partition coefficient (Wildman–Crippen LogP) is 3.38. The molecule has 27 heavy (non-hydrogen) atoms. The lowest BCUT2D eigenvalue weighted by Gasteiger charge is -2.18. The van der Waals surface area contributed by atoms with Crippen molar-refractivity contribution in [3.8, 4) is 11.5 Å². The molecule has 0 aliphatic heterocycles. The first kappa shape index (κ1) is 20.2. The molecule has 1 amide bonds. The molecule has 0 radical (unpaired) electrons. The molecule has 0 aromatic heterocycles. The van der Waals surface area contributed by atoms with Gasteiger partial charge in [-0.15, -0.1) is 0 Å². The van der Waals surface area contributed by atoms with E-state index in [-0.39, 0.29) is 11.7 Å². The summed E-state index contributed by atoms with van der Waals surface area (Å²) in [4.78, 5) is 23.1. The van der Waals surface area contributed by atoms with Gasteiger partial charge in [0, 0.05) is 38.7 Å². The van der Waals surface area contributed by atoms with E-state index >= 15 is 0 Å². The van der Waals surface area contributed by atoms with Crippen molar-refractivity contribution in [1.82, 2.24) is 10.2 Å². The van der Waals surface area contributed by atoms with Crippen molar-refractivity contribution >= 4 is 11.8 Å². The topological polar surface area (TPSA) is 93.9 Å². The van der Waals surface area contributed by atoms with Crippen LogP contribution in [0.4, 0.5) is 10.5 Å². The minimum atomic E-state index is -0.444. The summed E-state index contributed by atoms with van der Waals surface area (Å²) in [6.45, 7) is 0.445. The zero-order valence-electron chi connectivity index (χ0n) is 15.5. The molecular weight excluding hydrogens is 350 g/mol. The van der Waals surface area contributed by atoms with Crippen LogP contribution in [0.2, 0.25) is 0 Å². The van der Waals surface area contributed by atoms with Gasteiger partial charge >= 0.3 is 6.09 Å². The van der Waals surface area contributed by atoms with Gasteiger partial charge in [0.2, 0.25) is 0 Å². The minimum absolute atomic E-state index is 0.0329. The predicted molar refractivity (Wildman–Crippen MR) is 101 cm³/mol. The standard InChI is InChI=1S/C19H23N3O5/c1-20-18(12-13-26-16-10-6-15(7-11-16)22(24)25)14-4-8-17(9-5-14)27-19(23)21(2)3/h4-11,18,20H,12-13H2,1-3H3. The Labute approximate surface area is 157 Å². The lowest BCUT2D eigenvalue weighted by molar-refractivity contribution is -0.384. The summed E-state index contributed by atoms with van der Waals surface area (Å²) in [6.07, 6.45) is 0.272. The molecule has 0 bridgehead atoms. The summed E-state index contributed by atoms with van der Waals surface area (Å²) in [5, 5.41) is 13.9. The Bertz CT molecular complexity index is 760. The van der Waals surface area contributed by atoms with Crippen LogP contribution in [0.5, 0.6) is 11.5 Å². The number of nitro groups is 1. The van der Waals surface area contributed by atoms with E-state index in [1.807, 2.05) is 19.2 Å². The van der Waals surface area contributed by atoms with Crippen molar-refractivity contribution in [3.05, 3.63) is 64.2 Å². The van der Waals surface area contributed by atoms with E-state index in [1.54, 1.807) is 38.4 Å². The highest BCUT2D eigenvalue weighted by atomic mass is 16.6. The van der Waals surface area contributed by atoms with Crippen LogP contribution in [0, 0.1) is 10.1 Å². The number of carbonyl (C=O) groups is 1. The maximum Gasteiger partial charge on any atom is 0.414 e. The van der Waals surface area contributed by atoms with E-state index in [1.165, 1.54) is 17.0 Å². The van der Waals surface area contributed by atoms with Crippen LogP contribution in [0.15, 0.2) is 48.5 Å². The smallest absolute Gasteiger partial charge is 0.414 e. The van der Waals surface area contributed by atoms with Crippen molar-refractivity contribution in [3.63, 3.8) is 0 Å². The second-order valence-electron chi connectivity index (χ2n) is 6.06. The zero-order chi connectivity index (χ0) is 19.8. The van der Waals surface area contributed by atoms with E-state index < -0.39 is 11.0 Å². The lowest BCUT2D eigenvalue weighted by Crippen LogP contribution is -2.25. The van der Waals surface area contributed by atoms with Gasteiger partial charge in [0.05, 0.1) is 11.5 Å². The monoisotopic (exact) mass is 373 g/mol. The molecular formula is C19H23N3O5. The Balaban J connectivity index is 1.89. The Morgan fingerprint density at radius 1 is 1.11 bits per heavy atom. The van der Waals surface area contributed by atoms with Crippen molar-refractivity contribution < 1.29 is 19.2 Å². The van der Waals surface area contributed by atoms with Gasteiger partial charge in [-0.3, -0.25) is 10.1 Å². The maximum atomic E-state index is 11.6. The number of hydrogen-bond donors (Lipinski definition) is 1. The molecule has 2 aromatic rings. The number of nitro benzene ring substituents is 1. The van der Waals surface area contributed by atoms with Crippen molar-refractivity contribution in [1.29, 1.82) is 0 Å². The zero-order valence-corrected chi connectivity index (χ0v) is 15.5. The number of nitrogens with one attached hydrogen (secondary N) is 1. The molecule has 1 atom stereocenters. The Morgan fingerprint density at radius 3 is 2.22 bits per heavy atom. The van der Waals surface area contributed by atoms with Crippen molar-refractivity contribution in [2.24, 2.45) is 0 Å². The molecule has 8 nitrogen and oxygen atoms in total. The fraction of sp³-hybridized carbons (Fsp3) is 0.316. The van der Waals surface area contributed by atoms with E-state index in [4.69, 9.17) is 9.47 Å². The molecule has 2 rings (SSSR count). The fourth-order valence-electron chi connectivity index (χ4n) is 2.40. The molecule has 144 valence electrons. The summed E-state index contributed by atoms with van der Waals surface area (Å²) in [6, 6.07) is 13.3. The van der Waals surface area contributed by atoms with Gasteiger partial charge in [0.1, 0.15) is 11.5 Å². The number of carbonyl (C=O) groups excluding carboxylic acids is 1. The second kappa shape index (κ2) is 9.54. The molecule has 0 aliphatic carbocycles. The first-order valence-electron chi connectivity index (χ1n) is 8.44. The molecule has 0 fully saturated rings. The first-order chi connectivity index (χ1) is 12.9. The molecule has 8 heteroatoms. The highest BCUT2D eigenvalue weighted by Gasteiger charge is 2.12. The van der Waals surface area contributed by atoms with Gasteiger partial charge < -0.3 is 19.7 Å². The molecule has 0 saturated carbocycles. The number of non-ortho nitro benzene ring substituents is 1. The summed E-state index contributed by atoms with van der Waals surface area (Å²) in [5.41, 5.74) is 1.07. The summed E-state index contributed by atoms with van der Waals surface area (Å²) in [7, 11) is 5.11. The van der Waals surface area contributed by atoms with Crippen molar-refractivity contribution in [2.45, 2.75) is 12.5 Å². The van der Waals surface area contributed by atoms with Gasteiger partial charge in [-0.25, -0.2) is 4.79 Å². The van der Waals surface area contributed by atoms with Crippen LogP contribution in [0.3, 0.4) is 0 Å². The maximum absolute atomic E-state index is 11.6. The van der Waals surface area contributed by atoms with Crippen LogP contribution in [-0.2, 0) is 0 Å². The number of nitrogens with zero attached hydrogens (tertiary/aromatic N) is 2. The Morgan fingerprint density at radius 2 is 1.70 bits per heavy atom. The number of rotatable bonds is 8. The van der Waals surface area contributed by atoms with Crippen LogP contribution < -0.4 is 14.8 Å². The van der Waals surface area contributed by atoms with E-state index in [0.717, 1.165) is 5.56 Å². The van der Waals surface area contributed by atoms with Crippen LogP contribution in [-0.4, -0.2) is 43.7 Å². The quantitative estimate of drug-likeness (QED) is 0.563. The molecule has 1 unspecified atom stereocenters. The summed E-state index contributed by atoms with van der Waals surface area (Å²) in [5.74, 6) is 1.07. The van der Waals surface area contributed by atoms with Crippen molar-refractivity contribution in [2.75, 3.05) is 27.7 Å². The van der Waals surface area contributed by atoms with E-state index in [2.05, 4.69) is 5.32 Å². The number of amides is 1. The van der Waals surface area contributed by atoms with E-state index in [0.29, 0.717) is 24.5 Å². The lowest BCUT2D eigenvalue weighted by atomic mass is 10.0.